The number of aromatic nitrogens is 2. The van der Waals surface area contributed by atoms with Crippen molar-refractivity contribution < 1.29 is 4.74 Å². The second-order valence-electron chi connectivity index (χ2n) is 3.31. The predicted molar refractivity (Wildman–Crippen MR) is 50.3 cm³/mol. The van der Waals surface area contributed by atoms with Gasteiger partial charge in [-0.3, -0.25) is 4.68 Å². The summed E-state index contributed by atoms with van der Waals surface area (Å²) in [7, 11) is 1.96. The zero-order valence-electron chi connectivity index (χ0n) is 7.97. The molecule has 1 aliphatic rings. The van der Waals surface area contributed by atoms with E-state index >= 15 is 0 Å². The molecule has 0 bridgehead atoms. The van der Waals surface area contributed by atoms with Crippen LogP contribution in [0.25, 0.3) is 0 Å². The molecule has 2 rings (SSSR count). The third-order valence-corrected chi connectivity index (χ3v) is 2.35. The van der Waals surface area contributed by atoms with Crippen molar-refractivity contribution in [2.45, 2.75) is 13.0 Å². The van der Waals surface area contributed by atoms with E-state index in [0.717, 1.165) is 19.0 Å². The third-order valence-electron chi connectivity index (χ3n) is 2.35. The van der Waals surface area contributed by atoms with Crippen molar-refractivity contribution in [3.8, 4) is 0 Å². The molecule has 0 aliphatic carbocycles. The first-order valence-electron chi connectivity index (χ1n) is 4.47. The predicted octanol–water partition coefficient (Wildman–Crippen LogP) is 0.807. The number of ether oxygens (including phenoxy) is 1. The van der Waals surface area contributed by atoms with Crippen molar-refractivity contribution in [2.75, 3.05) is 18.1 Å². The molecule has 71 valence electrons. The fraction of sp³-hybridized carbons (Fsp3) is 0.556. The maximum atomic E-state index is 5.25. The highest BCUT2D eigenvalue weighted by Gasteiger charge is 2.21. The van der Waals surface area contributed by atoms with Crippen LogP contribution in [-0.2, 0) is 11.8 Å². The lowest BCUT2D eigenvalue weighted by atomic mass is 10.2. The molecule has 1 aromatic heterocycles. The molecule has 4 heteroatoms. The standard InChI is InChI=1S/C9H14N3O/c1-8-7-13-6-5-12(8)9-3-4-10-11(9)2/h3-4,6,8H,5,7H2,1-2H3/t8-/m1/s1. The second-order valence-corrected chi connectivity index (χ2v) is 3.31. The number of anilines is 1. The summed E-state index contributed by atoms with van der Waals surface area (Å²) in [5.74, 6) is 1.15. The Hall–Kier alpha value is -1.03. The van der Waals surface area contributed by atoms with Crippen LogP contribution in [0.2, 0.25) is 0 Å². The van der Waals surface area contributed by atoms with E-state index < -0.39 is 0 Å². The van der Waals surface area contributed by atoms with Gasteiger partial charge in [0.2, 0.25) is 0 Å². The first-order valence-corrected chi connectivity index (χ1v) is 4.47. The Labute approximate surface area is 78.1 Å². The zero-order valence-corrected chi connectivity index (χ0v) is 7.97. The van der Waals surface area contributed by atoms with Crippen molar-refractivity contribution in [1.82, 2.24) is 9.78 Å². The lowest BCUT2D eigenvalue weighted by Gasteiger charge is -2.34. The molecule has 1 atom stereocenters. The van der Waals surface area contributed by atoms with Crippen LogP contribution in [0, 0.1) is 6.61 Å². The molecule has 0 N–H and O–H groups in total. The molecule has 4 nitrogen and oxygen atoms in total. The maximum absolute atomic E-state index is 5.25. The lowest BCUT2D eigenvalue weighted by Crippen LogP contribution is -2.42. The molecule has 0 saturated carbocycles. The molecule has 1 saturated heterocycles. The zero-order chi connectivity index (χ0) is 9.26. The average Bonchev–Trinajstić information content (AvgIpc) is 2.52. The summed E-state index contributed by atoms with van der Waals surface area (Å²) in [6.07, 6.45) is 1.82. The van der Waals surface area contributed by atoms with Gasteiger partial charge in [-0.1, -0.05) is 0 Å². The highest BCUT2D eigenvalue weighted by Crippen LogP contribution is 2.18. The largest absolute Gasteiger partial charge is 0.371 e. The minimum atomic E-state index is 0.417. The fourth-order valence-electron chi connectivity index (χ4n) is 1.58. The molecular weight excluding hydrogens is 166 g/mol. The van der Waals surface area contributed by atoms with Gasteiger partial charge in [-0.2, -0.15) is 5.10 Å². The van der Waals surface area contributed by atoms with Gasteiger partial charge in [0.1, 0.15) is 12.4 Å². The Balaban J connectivity index is 2.19. The summed E-state index contributed by atoms with van der Waals surface area (Å²) in [6.45, 7) is 5.58. The van der Waals surface area contributed by atoms with Crippen molar-refractivity contribution in [3.05, 3.63) is 18.9 Å². The molecule has 0 amide bonds. The van der Waals surface area contributed by atoms with Crippen LogP contribution in [0.4, 0.5) is 5.82 Å². The molecule has 1 radical (unpaired) electrons. The Bertz CT molecular complexity index is 284. The number of rotatable bonds is 1. The Kier molecular flexibility index (Phi) is 2.22. The van der Waals surface area contributed by atoms with Gasteiger partial charge in [0.05, 0.1) is 18.8 Å². The van der Waals surface area contributed by atoms with Crippen LogP contribution in [0.3, 0.4) is 0 Å². The molecule has 1 fully saturated rings. The monoisotopic (exact) mass is 180 g/mol. The van der Waals surface area contributed by atoms with E-state index in [-0.39, 0.29) is 0 Å². The molecule has 0 aromatic carbocycles. The van der Waals surface area contributed by atoms with E-state index in [1.165, 1.54) is 0 Å². The number of hydrogen-bond donors (Lipinski definition) is 0. The molecule has 2 heterocycles. The summed E-state index contributed by atoms with van der Waals surface area (Å²) in [4.78, 5) is 2.27. The molecule has 0 spiro atoms. The first-order chi connectivity index (χ1) is 6.29. The quantitative estimate of drug-likeness (QED) is 0.640. The molecule has 1 aliphatic heterocycles. The fourth-order valence-corrected chi connectivity index (χ4v) is 1.58. The SMILES string of the molecule is C[C@@H]1CO[CH]CN1c1ccnn1C. The maximum Gasteiger partial charge on any atom is 0.126 e. The van der Waals surface area contributed by atoms with E-state index in [1.807, 2.05) is 30.6 Å². The van der Waals surface area contributed by atoms with Crippen LogP contribution in [0.15, 0.2) is 12.3 Å². The van der Waals surface area contributed by atoms with Gasteiger partial charge < -0.3 is 9.64 Å². The van der Waals surface area contributed by atoms with Crippen LogP contribution >= 0.6 is 0 Å². The summed E-state index contributed by atoms with van der Waals surface area (Å²) < 4.78 is 7.14. The van der Waals surface area contributed by atoms with E-state index in [2.05, 4.69) is 16.9 Å². The van der Waals surface area contributed by atoms with Gasteiger partial charge in [0.15, 0.2) is 0 Å². The number of morpholine rings is 1. The van der Waals surface area contributed by atoms with Crippen LogP contribution < -0.4 is 4.90 Å². The van der Waals surface area contributed by atoms with Crippen LogP contribution in [-0.4, -0.2) is 29.0 Å². The lowest BCUT2D eigenvalue weighted by molar-refractivity contribution is 0.153. The Morgan fingerprint density at radius 3 is 3.08 bits per heavy atom. The summed E-state index contributed by atoms with van der Waals surface area (Å²) in [5, 5.41) is 4.15. The number of hydrogen-bond acceptors (Lipinski definition) is 3. The minimum Gasteiger partial charge on any atom is -0.371 e. The first kappa shape index (κ1) is 8.56. The van der Waals surface area contributed by atoms with Crippen molar-refractivity contribution in [3.63, 3.8) is 0 Å². The molecular formula is C9H14N3O. The summed E-state index contributed by atoms with van der Waals surface area (Å²) >= 11 is 0. The van der Waals surface area contributed by atoms with E-state index in [1.54, 1.807) is 0 Å². The number of aryl methyl sites for hydroxylation is 1. The third kappa shape index (κ3) is 1.54. The van der Waals surface area contributed by atoms with E-state index in [9.17, 15) is 0 Å². The van der Waals surface area contributed by atoms with Crippen LogP contribution in [0.5, 0.6) is 0 Å². The van der Waals surface area contributed by atoms with Gasteiger partial charge in [0, 0.05) is 19.7 Å². The van der Waals surface area contributed by atoms with Gasteiger partial charge in [-0.15, -0.1) is 0 Å². The van der Waals surface area contributed by atoms with Crippen molar-refractivity contribution in [2.24, 2.45) is 7.05 Å². The van der Waals surface area contributed by atoms with Gasteiger partial charge in [0.25, 0.3) is 0 Å². The summed E-state index contributed by atoms with van der Waals surface area (Å²) in [5.41, 5.74) is 0. The normalized spacial score (nSPS) is 23.5. The van der Waals surface area contributed by atoms with Gasteiger partial charge in [-0.25, -0.2) is 0 Å². The Morgan fingerprint density at radius 2 is 2.46 bits per heavy atom. The minimum absolute atomic E-state index is 0.417. The average molecular weight is 180 g/mol. The topological polar surface area (TPSA) is 30.3 Å². The second kappa shape index (κ2) is 3.38. The highest BCUT2D eigenvalue weighted by molar-refractivity contribution is 5.40. The molecule has 1 aromatic rings. The van der Waals surface area contributed by atoms with Crippen LogP contribution in [0.1, 0.15) is 6.92 Å². The smallest absolute Gasteiger partial charge is 0.126 e. The Morgan fingerprint density at radius 1 is 1.62 bits per heavy atom. The van der Waals surface area contributed by atoms with Crippen molar-refractivity contribution in [1.29, 1.82) is 0 Å². The summed E-state index contributed by atoms with van der Waals surface area (Å²) in [6, 6.07) is 2.44. The van der Waals surface area contributed by atoms with Gasteiger partial charge in [-0.05, 0) is 6.92 Å². The van der Waals surface area contributed by atoms with E-state index in [0.29, 0.717) is 6.04 Å². The van der Waals surface area contributed by atoms with Crippen molar-refractivity contribution >= 4 is 5.82 Å². The highest BCUT2D eigenvalue weighted by atomic mass is 16.5. The van der Waals surface area contributed by atoms with E-state index in [4.69, 9.17) is 4.74 Å². The molecule has 13 heavy (non-hydrogen) atoms. The number of nitrogens with zero attached hydrogens (tertiary/aromatic N) is 3. The van der Waals surface area contributed by atoms with Gasteiger partial charge >= 0.3 is 0 Å². The molecule has 0 unspecified atom stereocenters.